The molecule has 0 spiro atoms. The third kappa shape index (κ3) is 3.13. The summed E-state index contributed by atoms with van der Waals surface area (Å²) in [5.74, 6) is 0. The second-order valence-electron chi connectivity index (χ2n) is 5.68. The van der Waals surface area contributed by atoms with Crippen LogP contribution in [0.5, 0.6) is 0 Å². The molecule has 1 fully saturated rings. The van der Waals surface area contributed by atoms with Crippen LogP contribution in [0.2, 0.25) is 5.15 Å². The zero-order valence-electron chi connectivity index (χ0n) is 13.1. The molecule has 2 aromatic heterocycles. The van der Waals surface area contributed by atoms with E-state index in [1.807, 2.05) is 12.1 Å². The average molecular weight is 341 g/mol. The van der Waals surface area contributed by atoms with E-state index in [4.69, 9.17) is 16.3 Å². The van der Waals surface area contributed by atoms with Crippen molar-refractivity contribution in [2.24, 2.45) is 0 Å². The summed E-state index contributed by atoms with van der Waals surface area (Å²) in [6, 6.07) is 14.2. The number of ether oxygens (including phenoxy) is 1. The van der Waals surface area contributed by atoms with Crippen LogP contribution in [0.25, 0.3) is 22.5 Å². The van der Waals surface area contributed by atoms with Crippen molar-refractivity contribution in [2.45, 2.75) is 0 Å². The molecule has 0 unspecified atom stereocenters. The van der Waals surface area contributed by atoms with Crippen molar-refractivity contribution in [2.75, 3.05) is 31.2 Å². The van der Waals surface area contributed by atoms with Gasteiger partial charge in [0, 0.05) is 30.5 Å². The van der Waals surface area contributed by atoms with Crippen LogP contribution >= 0.6 is 11.6 Å². The summed E-state index contributed by atoms with van der Waals surface area (Å²) in [5.41, 5.74) is 5.10. The lowest BCUT2D eigenvalue weighted by atomic mass is 10.1. The van der Waals surface area contributed by atoms with Gasteiger partial charge in [-0.1, -0.05) is 23.7 Å². The summed E-state index contributed by atoms with van der Waals surface area (Å²) in [4.78, 5) is 6.44. The van der Waals surface area contributed by atoms with Gasteiger partial charge in [-0.15, -0.1) is 0 Å². The van der Waals surface area contributed by atoms with Gasteiger partial charge < -0.3 is 9.64 Å². The van der Waals surface area contributed by atoms with Crippen LogP contribution in [0.3, 0.4) is 0 Å². The van der Waals surface area contributed by atoms with Gasteiger partial charge in [-0.05, 0) is 35.9 Å². The number of pyridine rings is 1. The van der Waals surface area contributed by atoms with Crippen LogP contribution in [0, 0.1) is 0 Å². The Bertz CT molecular complexity index is 808. The molecule has 0 atom stereocenters. The predicted molar refractivity (Wildman–Crippen MR) is 95.3 cm³/mol. The number of rotatable bonds is 3. The van der Waals surface area contributed by atoms with E-state index in [-0.39, 0.29) is 0 Å². The summed E-state index contributed by atoms with van der Waals surface area (Å²) in [6.45, 7) is 3.47. The second kappa shape index (κ2) is 6.63. The number of benzene rings is 1. The summed E-state index contributed by atoms with van der Waals surface area (Å²) in [5, 5.41) is 7.94. The van der Waals surface area contributed by atoms with Crippen molar-refractivity contribution in [3.05, 3.63) is 53.8 Å². The SMILES string of the molecule is Clc1ccc(-c2cc(-c3ccc(N4CCOCC4)cc3)[nH]n2)cn1. The summed E-state index contributed by atoms with van der Waals surface area (Å²) < 4.78 is 5.40. The fraction of sp³-hybridized carbons (Fsp3) is 0.222. The highest BCUT2D eigenvalue weighted by Crippen LogP contribution is 2.26. The first-order valence-corrected chi connectivity index (χ1v) is 8.28. The van der Waals surface area contributed by atoms with E-state index < -0.39 is 0 Å². The van der Waals surface area contributed by atoms with Gasteiger partial charge in [0.25, 0.3) is 0 Å². The van der Waals surface area contributed by atoms with E-state index in [0.717, 1.165) is 48.8 Å². The zero-order valence-corrected chi connectivity index (χ0v) is 13.8. The fourth-order valence-corrected chi connectivity index (χ4v) is 2.93. The highest BCUT2D eigenvalue weighted by Gasteiger charge is 2.12. The average Bonchev–Trinajstić information content (AvgIpc) is 3.13. The van der Waals surface area contributed by atoms with E-state index in [1.165, 1.54) is 5.69 Å². The summed E-state index contributed by atoms with van der Waals surface area (Å²) >= 11 is 5.83. The number of hydrogen-bond acceptors (Lipinski definition) is 4. The van der Waals surface area contributed by atoms with Crippen LogP contribution < -0.4 is 4.90 Å². The molecule has 4 rings (SSSR count). The minimum absolute atomic E-state index is 0.480. The minimum Gasteiger partial charge on any atom is -0.378 e. The maximum atomic E-state index is 5.83. The van der Waals surface area contributed by atoms with Gasteiger partial charge in [-0.2, -0.15) is 5.10 Å². The molecule has 6 heteroatoms. The van der Waals surface area contributed by atoms with Gasteiger partial charge in [0.05, 0.1) is 24.6 Å². The van der Waals surface area contributed by atoms with E-state index in [9.17, 15) is 0 Å². The van der Waals surface area contributed by atoms with Gasteiger partial charge in [0.2, 0.25) is 0 Å². The Morgan fingerprint density at radius 3 is 2.46 bits per heavy atom. The van der Waals surface area contributed by atoms with Crippen LogP contribution in [0.15, 0.2) is 48.7 Å². The number of H-pyrrole nitrogens is 1. The van der Waals surface area contributed by atoms with Crippen molar-refractivity contribution in [1.82, 2.24) is 15.2 Å². The normalized spacial score (nSPS) is 14.8. The quantitative estimate of drug-likeness (QED) is 0.740. The Labute approximate surface area is 145 Å². The van der Waals surface area contributed by atoms with Gasteiger partial charge in [-0.3, -0.25) is 5.10 Å². The Morgan fingerprint density at radius 2 is 1.75 bits per heavy atom. The van der Waals surface area contributed by atoms with Gasteiger partial charge in [0.15, 0.2) is 0 Å². The molecule has 1 saturated heterocycles. The minimum atomic E-state index is 0.480. The van der Waals surface area contributed by atoms with Crippen molar-refractivity contribution in [1.29, 1.82) is 0 Å². The lowest BCUT2D eigenvalue weighted by molar-refractivity contribution is 0.122. The third-order valence-corrected chi connectivity index (χ3v) is 4.38. The van der Waals surface area contributed by atoms with Gasteiger partial charge >= 0.3 is 0 Å². The Balaban J connectivity index is 1.54. The number of aromatic amines is 1. The van der Waals surface area contributed by atoms with Crippen LogP contribution in [0.1, 0.15) is 0 Å². The fourth-order valence-electron chi connectivity index (χ4n) is 2.82. The Hall–Kier alpha value is -2.37. The van der Waals surface area contributed by atoms with Crippen LogP contribution in [0.4, 0.5) is 5.69 Å². The molecule has 1 aliphatic rings. The predicted octanol–water partition coefficient (Wildman–Crippen LogP) is 3.63. The topological polar surface area (TPSA) is 54.0 Å². The first kappa shape index (κ1) is 15.2. The maximum Gasteiger partial charge on any atom is 0.129 e. The third-order valence-electron chi connectivity index (χ3n) is 4.16. The number of anilines is 1. The Morgan fingerprint density at radius 1 is 1.00 bits per heavy atom. The molecule has 0 aliphatic carbocycles. The molecule has 122 valence electrons. The standard InChI is InChI=1S/C18H17ClN4O/c19-18-6-3-14(12-20-18)17-11-16(21-22-17)13-1-4-15(5-2-13)23-7-9-24-10-8-23/h1-6,11-12H,7-10H2,(H,21,22). The van der Waals surface area contributed by atoms with Crippen LogP contribution in [-0.4, -0.2) is 41.5 Å². The molecule has 5 nitrogen and oxygen atoms in total. The van der Waals surface area contributed by atoms with Crippen LogP contribution in [-0.2, 0) is 4.74 Å². The molecule has 3 heterocycles. The molecular formula is C18H17ClN4O. The largest absolute Gasteiger partial charge is 0.378 e. The number of morpholine rings is 1. The molecule has 0 bridgehead atoms. The van der Waals surface area contributed by atoms with E-state index in [2.05, 4.69) is 44.3 Å². The Kier molecular flexibility index (Phi) is 4.19. The lowest BCUT2D eigenvalue weighted by Gasteiger charge is -2.28. The molecule has 1 N–H and O–H groups in total. The maximum absolute atomic E-state index is 5.83. The molecule has 0 amide bonds. The number of hydrogen-bond donors (Lipinski definition) is 1. The number of nitrogens with zero attached hydrogens (tertiary/aromatic N) is 3. The molecule has 1 aliphatic heterocycles. The number of nitrogens with one attached hydrogen (secondary N) is 1. The summed E-state index contributed by atoms with van der Waals surface area (Å²) in [7, 11) is 0. The molecule has 0 saturated carbocycles. The van der Waals surface area contributed by atoms with Gasteiger partial charge in [0.1, 0.15) is 5.15 Å². The molecule has 3 aromatic rings. The second-order valence-corrected chi connectivity index (χ2v) is 6.07. The van der Waals surface area contributed by atoms with E-state index in [0.29, 0.717) is 5.15 Å². The van der Waals surface area contributed by atoms with E-state index in [1.54, 1.807) is 12.3 Å². The number of aromatic nitrogens is 3. The zero-order chi connectivity index (χ0) is 16.4. The van der Waals surface area contributed by atoms with Crippen molar-refractivity contribution >= 4 is 17.3 Å². The monoisotopic (exact) mass is 340 g/mol. The van der Waals surface area contributed by atoms with Crippen molar-refractivity contribution in [3.8, 4) is 22.5 Å². The van der Waals surface area contributed by atoms with Crippen molar-refractivity contribution < 1.29 is 4.74 Å². The smallest absolute Gasteiger partial charge is 0.129 e. The highest BCUT2D eigenvalue weighted by molar-refractivity contribution is 6.29. The molecular weight excluding hydrogens is 324 g/mol. The first-order chi connectivity index (χ1) is 11.8. The molecule has 0 radical (unpaired) electrons. The van der Waals surface area contributed by atoms with Crippen molar-refractivity contribution in [3.63, 3.8) is 0 Å². The van der Waals surface area contributed by atoms with E-state index >= 15 is 0 Å². The molecule has 1 aromatic carbocycles. The van der Waals surface area contributed by atoms with Gasteiger partial charge in [-0.25, -0.2) is 4.98 Å². The highest BCUT2D eigenvalue weighted by atomic mass is 35.5. The molecule has 24 heavy (non-hydrogen) atoms. The summed E-state index contributed by atoms with van der Waals surface area (Å²) in [6.07, 6.45) is 1.73. The lowest BCUT2D eigenvalue weighted by Crippen LogP contribution is -2.36. The number of halogens is 1. The first-order valence-electron chi connectivity index (χ1n) is 7.90.